The van der Waals surface area contributed by atoms with Gasteiger partial charge >= 0.3 is 0 Å². The summed E-state index contributed by atoms with van der Waals surface area (Å²) in [5.74, 6) is 3.47. The first-order valence-corrected chi connectivity index (χ1v) is 22.0. The summed E-state index contributed by atoms with van der Waals surface area (Å²) in [6.07, 6.45) is 9.25. The summed E-state index contributed by atoms with van der Waals surface area (Å²) < 4.78 is 6.50. The molecule has 2 spiro atoms. The van der Waals surface area contributed by atoms with Crippen molar-refractivity contribution in [3.05, 3.63) is 185 Å². The number of rotatable bonds is 2. The fourth-order valence-corrected chi connectivity index (χ4v) is 15.1. The molecule has 8 aliphatic rings. The maximum absolute atomic E-state index is 6.50. The lowest BCUT2D eigenvalue weighted by Crippen LogP contribution is -2.45. The topological polar surface area (TPSA) is 16.4 Å². The van der Waals surface area contributed by atoms with Gasteiger partial charge in [-0.3, -0.25) is 0 Å². The van der Waals surface area contributed by atoms with E-state index in [0.29, 0.717) is 23.2 Å². The molecule has 0 saturated heterocycles. The number of furan rings is 1. The van der Waals surface area contributed by atoms with Crippen LogP contribution in [0.25, 0.3) is 44.2 Å². The first-order valence-electron chi connectivity index (χ1n) is 22.0. The van der Waals surface area contributed by atoms with E-state index >= 15 is 0 Å². The van der Waals surface area contributed by atoms with E-state index in [2.05, 4.69) is 150 Å². The van der Waals surface area contributed by atoms with Gasteiger partial charge in [-0.25, -0.2) is 0 Å². The molecule has 7 atom stereocenters. The van der Waals surface area contributed by atoms with Crippen LogP contribution in [-0.4, -0.2) is 0 Å². The molecule has 2 heterocycles. The van der Waals surface area contributed by atoms with Gasteiger partial charge in [-0.05, 0) is 172 Å². The minimum atomic E-state index is -0.218. The van der Waals surface area contributed by atoms with Crippen LogP contribution in [0.2, 0.25) is 0 Å². The fourth-order valence-electron chi connectivity index (χ4n) is 15.1. The third-order valence-electron chi connectivity index (χ3n) is 17.2. The Morgan fingerprint density at radius 3 is 2.16 bits per heavy atom. The maximum Gasteiger partial charge on any atom is 0.136 e. The first kappa shape index (κ1) is 31.2. The summed E-state index contributed by atoms with van der Waals surface area (Å²) in [5.41, 5.74) is 22.6. The molecular formula is C56H43NO. The molecule has 7 unspecified atom stereocenters. The summed E-state index contributed by atoms with van der Waals surface area (Å²) in [6.45, 7) is 0. The van der Waals surface area contributed by atoms with Gasteiger partial charge in [0.1, 0.15) is 11.2 Å². The third kappa shape index (κ3) is 3.57. The minimum Gasteiger partial charge on any atom is -0.456 e. The van der Waals surface area contributed by atoms with E-state index < -0.39 is 0 Å². The van der Waals surface area contributed by atoms with Crippen LogP contribution in [0.5, 0.6) is 0 Å². The largest absolute Gasteiger partial charge is 0.456 e. The van der Waals surface area contributed by atoms with E-state index in [-0.39, 0.29) is 5.41 Å². The molecule has 7 aromatic carbocycles. The normalized spacial score (nSPS) is 28.5. The maximum atomic E-state index is 6.50. The van der Waals surface area contributed by atoms with E-state index in [1.165, 1.54) is 110 Å². The lowest BCUT2D eigenvalue weighted by molar-refractivity contribution is 0.00308. The number of fused-ring (bicyclic) bond motifs is 12. The van der Waals surface area contributed by atoms with Crippen molar-refractivity contribution < 1.29 is 4.42 Å². The van der Waals surface area contributed by atoms with Gasteiger partial charge in [0, 0.05) is 27.8 Å². The zero-order valence-corrected chi connectivity index (χ0v) is 32.5. The minimum absolute atomic E-state index is 0.218. The highest BCUT2D eigenvalue weighted by Gasteiger charge is 2.64. The molecule has 2 nitrogen and oxygen atoms in total. The summed E-state index contributed by atoms with van der Waals surface area (Å²) in [5, 5.41) is 2.42. The van der Waals surface area contributed by atoms with Gasteiger partial charge in [-0.1, -0.05) is 109 Å². The van der Waals surface area contributed by atoms with Crippen LogP contribution in [-0.2, 0) is 5.41 Å². The Morgan fingerprint density at radius 2 is 1.24 bits per heavy atom. The summed E-state index contributed by atoms with van der Waals surface area (Å²) >= 11 is 0. The van der Waals surface area contributed by atoms with Gasteiger partial charge in [0.15, 0.2) is 0 Å². The smallest absolute Gasteiger partial charge is 0.136 e. The van der Waals surface area contributed by atoms with Crippen molar-refractivity contribution in [2.24, 2.45) is 17.3 Å². The van der Waals surface area contributed by atoms with E-state index in [1.807, 2.05) is 0 Å². The Balaban J connectivity index is 1.01. The number of nitrogens with zero attached hydrogens (tertiary/aromatic N) is 1. The Hall–Kier alpha value is -5.86. The standard InChI is InChI=1S/C56H43NO/c1-2-11-38-37(10-1)32-26-34-28-35-27-33(31-55(34,35)30-32)45-29-36(20-21-39(38)45)57-48-17-7-6-16-47(48)56-25-24-43(40-12-3-5-15-46(40)56)53-42(22-23-49(57)54(53)56)41-14-9-19-51-52(41)44-13-4-8-18-50(44)58-51/h1-23,29,32-35,43H,24-28,30-31H2. The van der Waals surface area contributed by atoms with E-state index in [0.717, 1.165) is 35.8 Å². The molecular weight excluding hydrogens is 703 g/mol. The number of benzene rings is 7. The molecule has 278 valence electrons. The van der Waals surface area contributed by atoms with Crippen LogP contribution in [0.4, 0.5) is 17.1 Å². The SMILES string of the molecule is c1ccc2c(c1)-c1ccc(N3c4ccccc4C45CCC(c6ccccc64)c4c(-c6cccc7oc8ccccc8c67)ccc3c45)cc1C1CC3CC4CC2CC43C1. The third-order valence-corrected chi connectivity index (χ3v) is 17.2. The van der Waals surface area contributed by atoms with Crippen LogP contribution in [0, 0.1) is 17.3 Å². The van der Waals surface area contributed by atoms with Crippen molar-refractivity contribution in [2.45, 2.75) is 68.1 Å². The number of hydrogen-bond acceptors (Lipinski definition) is 2. The van der Waals surface area contributed by atoms with Crippen molar-refractivity contribution in [2.75, 3.05) is 4.90 Å². The highest BCUT2D eigenvalue weighted by atomic mass is 16.3. The molecule has 1 aromatic heterocycles. The van der Waals surface area contributed by atoms with Gasteiger partial charge < -0.3 is 9.32 Å². The van der Waals surface area contributed by atoms with Gasteiger partial charge in [-0.2, -0.15) is 0 Å². The second-order valence-corrected chi connectivity index (χ2v) is 19.1. The molecule has 0 amide bonds. The van der Waals surface area contributed by atoms with Gasteiger partial charge in [0.05, 0.1) is 11.4 Å². The van der Waals surface area contributed by atoms with Crippen LogP contribution < -0.4 is 4.90 Å². The molecule has 2 heteroatoms. The average molecular weight is 746 g/mol. The molecule has 3 fully saturated rings. The first-order chi connectivity index (χ1) is 28.7. The van der Waals surface area contributed by atoms with E-state index in [4.69, 9.17) is 4.42 Å². The number of para-hydroxylation sites is 2. The molecule has 58 heavy (non-hydrogen) atoms. The summed E-state index contributed by atoms with van der Waals surface area (Å²) in [6, 6.07) is 56.3. The monoisotopic (exact) mass is 745 g/mol. The Bertz CT molecular complexity index is 3130. The van der Waals surface area contributed by atoms with E-state index in [9.17, 15) is 0 Å². The van der Waals surface area contributed by atoms with Crippen molar-refractivity contribution in [3.8, 4) is 22.3 Å². The predicted octanol–water partition coefficient (Wildman–Crippen LogP) is 14.7. The second kappa shape index (κ2) is 10.6. The fraction of sp³-hybridized carbons (Fsp3) is 0.250. The van der Waals surface area contributed by atoms with Crippen LogP contribution in [0.3, 0.4) is 0 Å². The number of anilines is 3. The Morgan fingerprint density at radius 1 is 0.534 bits per heavy atom. The number of hydrogen-bond donors (Lipinski definition) is 0. The zero-order chi connectivity index (χ0) is 37.5. The lowest BCUT2D eigenvalue weighted by Gasteiger charge is -2.55. The molecule has 8 aromatic rings. The van der Waals surface area contributed by atoms with E-state index in [1.54, 1.807) is 11.1 Å². The molecule has 0 radical (unpaired) electrons. The van der Waals surface area contributed by atoms with Crippen molar-refractivity contribution in [1.82, 2.24) is 0 Å². The Labute approximate surface area is 339 Å². The van der Waals surface area contributed by atoms with Crippen molar-refractivity contribution in [1.29, 1.82) is 0 Å². The van der Waals surface area contributed by atoms with Gasteiger partial charge in [0.25, 0.3) is 0 Å². The highest BCUT2D eigenvalue weighted by molar-refractivity contribution is 6.13. The second-order valence-electron chi connectivity index (χ2n) is 19.1. The summed E-state index contributed by atoms with van der Waals surface area (Å²) in [4.78, 5) is 2.68. The quantitative estimate of drug-likeness (QED) is 0.175. The predicted molar refractivity (Wildman–Crippen MR) is 235 cm³/mol. The lowest BCUT2D eigenvalue weighted by atomic mass is 9.50. The van der Waals surface area contributed by atoms with Gasteiger partial charge in [0.2, 0.25) is 0 Å². The molecule has 5 bridgehead atoms. The summed E-state index contributed by atoms with van der Waals surface area (Å²) in [7, 11) is 0. The Kier molecular flexibility index (Phi) is 5.70. The van der Waals surface area contributed by atoms with Crippen LogP contribution in [0.15, 0.2) is 150 Å². The zero-order valence-electron chi connectivity index (χ0n) is 32.5. The average Bonchev–Trinajstić information content (AvgIpc) is 3.91. The molecule has 1 aliphatic heterocycles. The molecule has 0 N–H and O–H groups in total. The van der Waals surface area contributed by atoms with Crippen molar-refractivity contribution >= 4 is 39.0 Å². The molecule has 16 rings (SSSR count). The highest BCUT2D eigenvalue weighted by Crippen LogP contribution is 2.75. The molecule has 7 aliphatic carbocycles. The van der Waals surface area contributed by atoms with Crippen LogP contribution >= 0.6 is 0 Å². The van der Waals surface area contributed by atoms with Crippen molar-refractivity contribution in [3.63, 3.8) is 0 Å². The van der Waals surface area contributed by atoms with Crippen LogP contribution in [0.1, 0.15) is 102 Å². The molecule has 3 saturated carbocycles. The van der Waals surface area contributed by atoms with Gasteiger partial charge in [-0.15, -0.1) is 0 Å².